The molecule has 2 nitrogen and oxygen atoms in total. The first-order valence-corrected chi connectivity index (χ1v) is 7.08. The van der Waals surface area contributed by atoms with E-state index in [9.17, 15) is 4.79 Å². The molecule has 3 heteroatoms. The Hall–Kier alpha value is -1.02. The molecule has 1 N–H and O–H groups in total. The average Bonchev–Trinajstić information content (AvgIpc) is 2.82. The summed E-state index contributed by atoms with van der Waals surface area (Å²) in [5.74, 6) is 0.770. The minimum atomic E-state index is 0.0520. The lowest BCUT2D eigenvalue weighted by molar-refractivity contribution is -0.122. The van der Waals surface area contributed by atoms with E-state index in [-0.39, 0.29) is 11.9 Å². The molecule has 1 aromatic carbocycles. The molecule has 98 valence electrons. The Balaban J connectivity index is 1.84. The zero-order chi connectivity index (χ0) is 13.0. The van der Waals surface area contributed by atoms with Gasteiger partial charge in [-0.05, 0) is 43.4 Å². The van der Waals surface area contributed by atoms with Crippen molar-refractivity contribution in [2.45, 2.75) is 45.1 Å². The largest absolute Gasteiger partial charge is 0.350 e. The molecule has 0 aromatic heterocycles. The van der Waals surface area contributed by atoms with Crippen LogP contribution in [0, 0.1) is 5.92 Å². The fourth-order valence-electron chi connectivity index (χ4n) is 2.61. The van der Waals surface area contributed by atoms with Crippen molar-refractivity contribution in [3.05, 3.63) is 34.9 Å². The Morgan fingerprint density at radius 3 is 2.56 bits per heavy atom. The van der Waals surface area contributed by atoms with Crippen LogP contribution in [0.1, 0.15) is 50.6 Å². The Kier molecular flexibility index (Phi) is 4.65. The molecule has 1 saturated carbocycles. The van der Waals surface area contributed by atoms with Crippen molar-refractivity contribution < 1.29 is 4.79 Å². The number of halogens is 1. The van der Waals surface area contributed by atoms with Crippen LogP contribution in [0.2, 0.25) is 5.02 Å². The van der Waals surface area contributed by atoms with E-state index < -0.39 is 0 Å². The lowest BCUT2D eigenvalue weighted by Gasteiger charge is -2.16. The first-order chi connectivity index (χ1) is 8.65. The van der Waals surface area contributed by atoms with E-state index >= 15 is 0 Å². The second-order valence-electron chi connectivity index (χ2n) is 5.20. The van der Waals surface area contributed by atoms with Crippen molar-refractivity contribution in [1.82, 2.24) is 5.32 Å². The number of hydrogen-bond acceptors (Lipinski definition) is 1. The summed E-state index contributed by atoms with van der Waals surface area (Å²) in [5.41, 5.74) is 1.10. The quantitative estimate of drug-likeness (QED) is 0.873. The standard InChI is InChI=1S/C15H20ClNO/c1-11(13-6-8-14(16)9-7-13)17-15(18)10-12-4-2-3-5-12/h6-9,11-12H,2-5,10H2,1H3,(H,17,18). The van der Waals surface area contributed by atoms with Crippen molar-refractivity contribution in [1.29, 1.82) is 0 Å². The smallest absolute Gasteiger partial charge is 0.220 e. The third-order valence-electron chi connectivity index (χ3n) is 3.70. The zero-order valence-electron chi connectivity index (χ0n) is 10.8. The maximum absolute atomic E-state index is 11.9. The summed E-state index contributed by atoms with van der Waals surface area (Å²) in [4.78, 5) is 11.9. The molecule has 1 aliphatic rings. The molecule has 1 aliphatic carbocycles. The maximum atomic E-state index is 11.9. The highest BCUT2D eigenvalue weighted by Gasteiger charge is 2.19. The van der Waals surface area contributed by atoms with Crippen LogP contribution in [0.5, 0.6) is 0 Å². The van der Waals surface area contributed by atoms with Crippen LogP contribution in [0.3, 0.4) is 0 Å². The number of nitrogens with one attached hydrogen (secondary N) is 1. The number of benzene rings is 1. The molecule has 1 fully saturated rings. The third kappa shape index (κ3) is 3.74. The van der Waals surface area contributed by atoms with Gasteiger partial charge in [-0.1, -0.05) is 36.6 Å². The maximum Gasteiger partial charge on any atom is 0.220 e. The first-order valence-electron chi connectivity index (χ1n) is 6.70. The second kappa shape index (κ2) is 6.24. The zero-order valence-corrected chi connectivity index (χ0v) is 11.5. The molecule has 0 spiro atoms. The SMILES string of the molecule is CC(NC(=O)CC1CCCC1)c1ccc(Cl)cc1. The lowest BCUT2D eigenvalue weighted by Crippen LogP contribution is -2.27. The van der Waals surface area contributed by atoms with Gasteiger partial charge in [-0.25, -0.2) is 0 Å². The summed E-state index contributed by atoms with van der Waals surface area (Å²) in [5, 5.41) is 3.79. The van der Waals surface area contributed by atoms with Gasteiger partial charge in [0.1, 0.15) is 0 Å². The predicted molar refractivity (Wildman–Crippen MR) is 74.6 cm³/mol. The van der Waals surface area contributed by atoms with E-state index in [0.29, 0.717) is 12.3 Å². The van der Waals surface area contributed by atoms with E-state index in [4.69, 9.17) is 11.6 Å². The molecule has 18 heavy (non-hydrogen) atoms. The summed E-state index contributed by atoms with van der Waals surface area (Å²) in [7, 11) is 0. The molecule has 0 radical (unpaired) electrons. The number of carbonyl (C=O) groups excluding carboxylic acids is 1. The summed E-state index contributed by atoms with van der Waals surface area (Å²) < 4.78 is 0. The molecule has 1 amide bonds. The fraction of sp³-hybridized carbons (Fsp3) is 0.533. The number of carbonyl (C=O) groups is 1. The Labute approximate surface area is 114 Å². The molecular weight excluding hydrogens is 246 g/mol. The van der Waals surface area contributed by atoms with Crippen molar-refractivity contribution in [3.63, 3.8) is 0 Å². The molecule has 1 atom stereocenters. The Bertz CT molecular complexity index is 395. The molecule has 0 saturated heterocycles. The average molecular weight is 266 g/mol. The molecule has 2 rings (SSSR count). The van der Waals surface area contributed by atoms with Crippen LogP contribution >= 0.6 is 11.6 Å². The van der Waals surface area contributed by atoms with E-state index in [1.54, 1.807) is 0 Å². The molecule has 1 unspecified atom stereocenters. The predicted octanol–water partition coefficient (Wildman–Crippen LogP) is 4.10. The topological polar surface area (TPSA) is 29.1 Å². The van der Waals surface area contributed by atoms with Gasteiger partial charge in [0.05, 0.1) is 6.04 Å². The van der Waals surface area contributed by atoms with Crippen molar-refractivity contribution >= 4 is 17.5 Å². The van der Waals surface area contributed by atoms with Gasteiger partial charge in [0.15, 0.2) is 0 Å². The van der Waals surface area contributed by atoms with E-state index in [0.717, 1.165) is 10.6 Å². The van der Waals surface area contributed by atoms with Crippen LogP contribution < -0.4 is 5.32 Å². The van der Waals surface area contributed by atoms with Crippen molar-refractivity contribution in [3.8, 4) is 0 Å². The van der Waals surface area contributed by atoms with Gasteiger partial charge < -0.3 is 5.32 Å². The fourth-order valence-corrected chi connectivity index (χ4v) is 2.74. The summed E-state index contributed by atoms with van der Waals surface area (Å²) in [6.45, 7) is 2.01. The van der Waals surface area contributed by atoms with Gasteiger partial charge in [-0.2, -0.15) is 0 Å². The van der Waals surface area contributed by atoms with E-state index in [1.807, 2.05) is 31.2 Å². The minimum Gasteiger partial charge on any atom is -0.350 e. The minimum absolute atomic E-state index is 0.0520. The molecule has 1 aromatic rings. The van der Waals surface area contributed by atoms with E-state index in [2.05, 4.69) is 5.32 Å². The lowest BCUT2D eigenvalue weighted by atomic mass is 10.0. The highest BCUT2D eigenvalue weighted by molar-refractivity contribution is 6.30. The monoisotopic (exact) mass is 265 g/mol. The molecule has 0 aliphatic heterocycles. The second-order valence-corrected chi connectivity index (χ2v) is 5.63. The van der Waals surface area contributed by atoms with Crippen LogP contribution in [0.15, 0.2) is 24.3 Å². The van der Waals surface area contributed by atoms with Crippen molar-refractivity contribution in [2.75, 3.05) is 0 Å². The number of hydrogen-bond donors (Lipinski definition) is 1. The number of rotatable bonds is 4. The summed E-state index contributed by atoms with van der Waals surface area (Å²) >= 11 is 5.85. The van der Waals surface area contributed by atoms with Gasteiger partial charge in [-0.15, -0.1) is 0 Å². The number of amides is 1. The van der Waals surface area contributed by atoms with E-state index in [1.165, 1.54) is 25.7 Å². The van der Waals surface area contributed by atoms with Gasteiger partial charge >= 0.3 is 0 Å². The van der Waals surface area contributed by atoms with Gasteiger partial charge in [0.2, 0.25) is 5.91 Å². The molecular formula is C15H20ClNO. The normalized spacial score (nSPS) is 17.7. The van der Waals surface area contributed by atoms with Gasteiger partial charge in [0.25, 0.3) is 0 Å². The summed E-state index contributed by atoms with van der Waals surface area (Å²) in [6.07, 6.45) is 5.67. The third-order valence-corrected chi connectivity index (χ3v) is 3.95. The highest BCUT2D eigenvalue weighted by Crippen LogP contribution is 2.27. The van der Waals surface area contributed by atoms with Crippen LogP contribution in [-0.2, 0) is 4.79 Å². The van der Waals surface area contributed by atoms with Crippen LogP contribution in [0.4, 0.5) is 0 Å². The highest BCUT2D eigenvalue weighted by atomic mass is 35.5. The van der Waals surface area contributed by atoms with Crippen LogP contribution in [-0.4, -0.2) is 5.91 Å². The first kappa shape index (κ1) is 13.4. The van der Waals surface area contributed by atoms with Crippen LogP contribution in [0.25, 0.3) is 0 Å². The Morgan fingerprint density at radius 1 is 1.33 bits per heavy atom. The molecule has 0 bridgehead atoms. The molecule has 0 heterocycles. The summed E-state index contributed by atoms with van der Waals surface area (Å²) in [6, 6.07) is 7.69. The van der Waals surface area contributed by atoms with Gasteiger partial charge in [0, 0.05) is 11.4 Å². The van der Waals surface area contributed by atoms with Crippen molar-refractivity contribution in [2.24, 2.45) is 5.92 Å². The van der Waals surface area contributed by atoms with Gasteiger partial charge in [-0.3, -0.25) is 4.79 Å². The Morgan fingerprint density at radius 2 is 1.94 bits per heavy atom.